The van der Waals surface area contributed by atoms with Gasteiger partial charge in [-0.2, -0.15) is 0 Å². The van der Waals surface area contributed by atoms with Gasteiger partial charge in [-0.1, -0.05) is 0 Å². The second kappa shape index (κ2) is 6.48. The van der Waals surface area contributed by atoms with Gasteiger partial charge in [0, 0.05) is 19.6 Å². The van der Waals surface area contributed by atoms with Crippen molar-refractivity contribution in [3.8, 4) is 0 Å². The molecule has 6 heteroatoms. The Kier molecular flexibility index (Phi) is 4.31. The molecule has 0 aromatic carbocycles. The normalized spacial score (nSPS) is 25.3. The van der Waals surface area contributed by atoms with Crippen molar-refractivity contribution < 1.29 is 18.7 Å². The molecular formula is C19H26N2O4. The van der Waals surface area contributed by atoms with E-state index in [-0.39, 0.29) is 23.5 Å². The number of amides is 2. The molecule has 1 aliphatic carbocycles. The molecule has 1 saturated carbocycles. The van der Waals surface area contributed by atoms with E-state index in [0.717, 1.165) is 32.2 Å². The first-order chi connectivity index (χ1) is 12.1. The Labute approximate surface area is 147 Å². The van der Waals surface area contributed by atoms with Gasteiger partial charge >= 0.3 is 0 Å². The average molecular weight is 346 g/mol. The second-order valence-corrected chi connectivity index (χ2v) is 7.70. The SMILES string of the molecule is Cc1occc1C(=O)N1CCC2(CC[C@@H](C(=O)NCC3CC3)O2)CC1. The first-order valence-corrected chi connectivity index (χ1v) is 9.35. The summed E-state index contributed by atoms with van der Waals surface area (Å²) < 4.78 is 11.4. The summed E-state index contributed by atoms with van der Waals surface area (Å²) in [6.45, 7) is 3.93. The van der Waals surface area contributed by atoms with Gasteiger partial charge in [0.05, 0.1) is 17.4 Å². The van der Waals surface area contributed by atoms with E-state index in [2.05, 4.69) is 5.32 Å². The fraction of sp³-hybridized carbons (Fsp3) is 0.684. The number of ether oxygens (including phenoxy) is 1. The fourth-order valence-corrected chi connectivity index (χ4v) is 3.94. The highest BCUT2D eigenvalue weighted by molar-refractivity contribution is 5.95. The van der Waals surface area contributed by atoms with Gasteiger partial charge in [-0.15, -0.1) is 0 Å². The number of piperidine rings is 1. The van der Waals surface area contributed by atoms with E-state index < -0.39 is 0 Å². The summed E-state index contributed by atoms with van der Waals surface area (Å²) in [5, 5.41) is 3.02. The lowest BCUT2D eigenvalue weighted by molar-refractivity contribution is -0.140. The molecule has 1 spiro atoms. The first kappa shape index (κ1) is 16.6. The lowest BCUT2D eigenvalue weighted by Crippen LogP contribution is -2.47. The molecule has 1 atom stereocenters. The Balaban J connectivity index is 1.30. The van der Waals surface area contributed by atoms with Crippen LogP contribution in [-0.4, -0.2) is 48.1 Å². The molecule has 3 fully saturated rings. The molecule has 0 unspecified atom stereocenters. The van der Waals surface area contributed by atoms with Crippen LogP contribution >= 0.6 is 0 Å². The molecule has 0 radical (unpaired) electrons. The van der Waals surface area contributed by atoms with Crippen molar-refractivity contribution in [3.63, 3.8) is 0 Å². The van der Waals surface area contributed by atoms with E-state index in [1.807, 2.05) is 11.8 Å². The number of carbonyl (C=O) groups excluding carboxylic acids is 2. The number of hydrogen-bond donors (Lipinski definition) is 1. The molecule has 4 rings (SSSR count). The van der Waals surface area contributed by atoms with Crippen LogP contribution in [0.5, 0.6) is 0 Å². The standard InChI is InChI=1S/C19H26N2O4/c1-13-15(5-11-24-13)18(23)21-9-7-19(8-10-21)6-4-16(25-19)17(22)20-12-14-2-3-14/h5,11,14,16H,2-4,6-10,12H2,1H3,(H,20,22)/t16-/m0/s1. The van der Waals surface area contributed by atoms with Crippen LogP contribution in [0.3, 0.4) is 0 Å². The summed E-state index contributed by atoms with van der Waals surface area (Å²) in [5.74, 6) is 1.41. The predicted molar refractivity (Wildman–Crippen MR) is 91.2 cm³/mol. The summed E-state index contributed by atoms with van der Waals surface area (Å²) >= 11 is 0. The minimum absolute atomic E-state index is 0.0258. The lowest BCUT2D eigenvalue weighted by Gasteiger charge is -2.39. The average Bonchev–Trinajstić information content (AvgIpc) is 3.22. The van der Waals surface area contributed by atoms with Gasteiger partial charge in [0.2, 0.25) is 5.91 Å². The number of aryl methyl sites for hydroxylation is 1. The molecule has 2 saturated heterocycles. The van der Waals surface area contributed by atoms with E-state index >= 15 is 0 Å². The summed E-state index contributed by atoms with van der Waals surface area (Å²) in [7, 11) is 0. The van der Waals surface area contributed by atoms with E-state index in [9.17, 15) is 9.59 Å². The number of rotatable bonds is 4. The quantitative estimate of drug-likeness (QED) is 0.908. The van der Waals surface area contributed by atoms with Crippen LogP contribution in [0.4, 0.5) is 0 Å². The van der Waals surface area contributed by atoms with Crippen LogP contribution in [0, 0.1) is 12.8 Å². The van der Waals surface area contributed by atoms with E-state index in [0.29, 0.717) is 30.3 Å². The number of nitrogens with zero attached hydrogens (tertiary/aromatic N) is 1. The van der Waals surface area contributed by atoms with Crippen molar-refractivity contribution in [2.45, 2.75) is 57.2 Å². The summed E-state index contributed by atoms with van der Waals surface area (Å²) in [6.07, 6.45) is 6.97. The molecule has 1 aromatic heterocycles. The summed E-state index contributed by atoms with van der Waals surface area (Å²) in [6, 6.07) is 1.73. The van der Waals surface area contributed by atoms with Crippen LogP contribution in [-0.2, 0) is 9.53 Å². The number of furan rings is 1. The van der Waals surface area contributed by atoms with Crippen molar-refractivity contribution in [2.24, 2.45) is 5.92 Å². The zero-order valence-corrected chi connectivity index (χ0v) is 14.8. The molecular weight excluding hydrogens is 320 g/mol. The molecule has 1 aromatic rings. The van der Waals surface area contributed by atoms with Crippen LogP contribution in [0.15, 0.2) is 16.7 Å². The maximum Gasteiger partial charge on any atom is 0.257 e. The minimum Gasteiger partial charge on any atom is -0.469 e. The van der Waals surface area contributed by atoms with Crippen molar-refractivity contribution in [1.29, 1.82) is 0 Å². The maximum atomic E-state index is 12.6. The lowest BCUT2D eigenvalue weighted by atomic mass is 9.88. The van der Waals surface area contributed by atoms with Gasteiger partial charge in [-0.3, -0.25) is 9.59 Å². The first-order valence-electron chi connectivity index (χ1n) is 9.35. The zero-order valence-electron chi connectivity index (χ0n) is 14.8. The zero-order chi connectivity index (χ0) is 17.4. The highest BCUT2D eigenvalue weighted by Crippen LogP contribution is 2.39. The van der Waals surface area contributed by atoms with E-state index in [4.69, 9.17) is 9.15 Å². The van der Waals surface area contributed by atoms with Crippen LogP contribution in [0.2, 0.25) is 0 Å². The van der Waals surface area contributed by atoms with Gasteiger partial charge < -0.3 is 19.4 Å². The largest absolute Gasteiger partial charge is 0.469 e. The Morgan fingerprint density at radius 1 is 1.24 bits per heavy atom. The Bertz CT molecular complexity index is 656. The number of nitrogens with one attached hydrogen (secondary N) is 1. The van der Waals surface area contributed by atoms with E-state index in [1.165, 1.54) is 12.8 Å². The van der Waals surface area contributed by atoms with Crippen molar-refractivity contribution in [3.05, 3.63) is 23.7 Å². The number of carbonyl (C=O) groups is 2. The molecule has 1 N–H and O–H groups in total. The maximum absolute atomic E-state index is 12.6. The summed E-state index contributed by atoms with van der Waals surface area (Å²) in [4.78, 5) is 26.7. The molecule has 2 amide bonds. The van der Waals surface area contributed by atoms with Gasteiger partial charge in [0.15, 0.2) is 0 Å². The smallest absolute Gasteiger partial charge is 0.257 e. The van der Waals surface area contributed by atoms with Gasteiger partial charge in [-0.05, 0) is 57.4 Å². The van der Waals surface area contributed by atoms with Crippen molar-refractivity contribution in [2.75, 3.05) is 19.6 Å². The third-order valence-corrected chi connectivity index (χ3v) is 5.86. The van der Waals surface area contributed by atoms with Crippen LogP contribution in [0.1, 0.15) is 54.6 Å². The third kappa shape index (κ3) is 3.45. The van der Waals surface area contributed by atoms with Gasteiger partial charge in [-0.25, -0.2) is 0 Å². The Hall–Kier alpha value is -1.82. The van der Waals surface area contributed by atoms with Crippen molar-refractivity contribution in [1.82, 2.24) is 10.2 Å². The number of likely N-dealkylation sites (tertiary alicyclic amines) is 1. The Morgan fingerprint density at radius 2 is 2.00 bits per heavy atom. The molecule has 25 heavy (non-hydrogen) atoms. The predicted octanol–water partition coefficient (Wildman–Crippen LogP) is 2.27. The minimum atomic E-state index is -0.322. The van der Waals surface area contributed by atoms with Crippen LogP contribution in [0.25, 0.3) is 0 Å². The molecule has 2 aliphatic heterocycles. The summed E-state index contributed by atoms with van der Waals surface area (Å²) in [5.41, 5.74) is 0.407. The second-order valence-electron chi connectivity index (χ2n) is 7.70. The monoisotopic (exact) mass is 346 g/mol. The van der Waals surface area contributed by atoms with Gasteiger partial charge in [0.1, 0.15) is 11.9 Å². The molecule has 3 aliphatic rings. The fourth-order valence-electron chi connectivity index (χ4n) is 3.94. The third-order valence-electron chi connectivity index (χ3n) is 5.86. The van der Waals surface area contributed by atoms with Crippen LogP contribution < -0.4 is 5.32 Å². The molecule has 0 bridgehead atoms. The Morgan fingerprint density at radius 3 is 2.64 bits per heavy atom. The molecule has 136 valence electrons. The highest BCUT2D eigenvalue weighted by Gasteiger charge is 2.45. The molecule has 3 heterocycles. The topological polar surface area (TPSA) is 71.8 Å². The van der Waals surface area contributed by atoms with E-state index in [1.54, 1.807) is 12.3 Å². The van der Waals surface area contributed by atoms with Gasteiger partial charge in [0.25, 0.3) is 5.91 Å². The van der Waals surface area contributed by atoms with Crippen molar-refractivity contribution >= 4 is 11.8 Å². The molecule has 6 nitrogen and oxygen atoms in total. The highest BCUT2D eigenvalue weighted by atomic mass is 16.5. The number of hydrogen-bond acceptors (Lipinski definition) is 4.